The number of carbonyl (C=O) groups excluding carboxylic acids is 1. The van der Waals surface area contributed by atoms with Crippen LogP contribution in [0.15, 0.2) is 88.5 Å². The molecule has 32 heavy (non-hydrogen) atoms. The highest BCUT2D eigenvalue weighted by atomic mass is 32.2. The minimum absolute atomic E-state index is 0.200. The number of hydrogen-bond acceptors (Lipinski definition) is 6. The third kappa shape index (κ3) is 5.73. The van der Waals surface area contributed by atoms with Crippen molar-refractivity contribution in [2.45, 2.75) is 24.0 Å². The Balaban J connectivity index is 1.29. The first kappa shape index (κ1) is 21.6. The van der Waals surface area contributed by atoms with Gasteiger partial charge in [-0.05, 0) is 61.0 Å². The van der Waals surface area contributed by atoms with Crippen LogP contribution in [0, 0.1) is 5.82 Å². The van der Waals surface area contributed by atoms with E-state index >= 15 is 0 Å². The van der Waals surface area contributed by atoms with Gasteiger partial charge in [-0.3, -0.25) is 4.79 Å². The van der Waals surface area contributed by atoms with Crippen molar-refractivity contribution in [2.75, 3.05) is 5.32 Å². The van der Waals surface area contributed by atoms with E-state index in [1.165, 1.54) is 12.1 Å². The van der Waals surface area contributed by atoms with Crippen LogP contribution in [0.1, 0.15) is 12.5 Å². The van der Waals surface area contributed by atoms with Crippen LogP contribution in [-0.2, 0) is 11.4 Å². The zero-order chi connectivity index (χ0) is 22.3. The van der Waals surface area contributed by atoms with Gasteiger partial charge in [0.1, 0.15) is 18.2 Å². The summed E-state index contributed by atoms with van der Waals surface area (Å²) < 4.78 is 24.4. The Kier molecular flexibility index (Phi) is 6.81. The number of nitrogens with zero attached hydrogens (tertiary/aromatic N) is 2. The minimum atomic E-state index is -0.467. The quantitative estimate of drug-likeness (QED) is 0.354. The Morgan fingerprint density at radius 2 is 1.75 bits per heavy atom. The lowest BCUT2D eigenvalue weighted by Gasteiger charge is -2.11. The largest absolute Gasteiger partial charge is 0.489 e. The van der Waals surface area contributed by atoms with Gasteiger partial charge in [-0.25, -0.2) is 4.39 Å². The molecule has 0 unspecified atom stereocenters. The Labute approximate surface area is 188 Å². The van der Waals surface area contributed by atoms with Crippen LogP contribution in [0.25, 0.3) is 11.5 Å². The maximum absolute atomic E-state index is 13.1. The molecule has 1 amide bonds. The summed E-state index contributed by atoms with van der Waals surface area (Å²) in [5, 5.41) is 10.6. The second-order valence-electron chi connectivity index (χ2n) is 6.93. The molecule has 3 aromatic carbocycles. The standard InChI is InChI=1S/C24H20FN3O3S/c1-16(32-24-28-27-23(31-24)18-7-9-19(25)10-8-18)22(29)26-20-11-13-21(14-12-20)30-15-17-5-3-2-4-6-17/h2-14,16H,15H2,1H3,(H,26,29)/t16-/m0/s1. The fraction of sp³-hybridized carbons (Fsp3) is 0.125. The number of halogens is 1. The molecule has 1 N–H and O–H groups in total. The number of nitrogens with one attached hydrogen (secondary N) is 1. The van der Waals surface area contributed by atoms with Crippen molar-refractivity contribution in [3.05, 3.63) is 90.2 Å². The van der Waals surface area contributed by atoms with Crippen molar-refractivity contribution in [1.29, 1.82) is 0 Å². The van der Waals surface area contributed by atoms with Crippen LogP contribution in [0.3, 0.4) is 0 Å². The van der Waals surface area contributed by atoms with Crippen LogP contribution >= 0.6 is 11.8 Å². The average molecular weight is 450 g/mol. The van der Waals surface area contributed by atoms with Crippen molar-refractivity contribution in [1.82, 2.24) is 10.2 Å². The number of benzene rings is 3. The summed E-state index contributed by atoms with van der Waals surface area (Å²) in [6.07, 6.45) is 0. The highest BCUT2D eigenvalue weighted by Crippen LogP contribution is 2.27. The molecule has 162 valence electrons. The molecule has 0 aliphatic heterocycles. The zero-order valence-electron chi connectivity index (χ0n) is 17.2. The summed E-state index contributed by atoms with van der Waals surface area (Å²) in [7, 11) is 0. The van der Waals surface area contributed by atoms with Gasteiger partial charge in [-0.1, -0.05) is 42.1 Å². The van der Waals surface area contributed by atoms with Gasteiger partial charge in [-0.2, -0.15) is 0 Å². The van der Waals surface area contributed by atoms with E-state index < -0.39 is 5.25 Å². The lowest BCUT2D eigenvalue weighted by Crippen LogP contribution is -2.22. The number of thioether (sulfide) groups is 1. The summed E-state index contributed by atoms with van der Waals surface area (Å²) in [4.78, 5) is 12.5. The maximum Gasteiger partial charge on any atom is 0.277 e. The molecule has 0 saturated carbocycles. The number of hydrogen-bond donors (Lipinski definition) is 1. The van der Waals surface area contributed by atoms with E-state index in [-0.39, 0.29) is 22.8 Å². The first-order valence-electron chi connectivity index (χ1n) is 9.90. The Morgan fingerprint density at radius 1 is 1.03 bits per heavy atom. The molecule has 0 spiro atoms. The molecule has 6 nitrogen and oxygen atoms in total. The van der Waals surface area contributed by atoms with Gasteiger partial charge < -0.3 is 14.5 Å². The molecule has 1 atom stereocenters. The van der Waals surface area contributed by atoms with E-state index in [0.717, 1.165) is 17.3 Å². The smallest absolute Gasteiger partial charge is 0.277 e. The molecule has 1 aromatic heterocycles. The molecular formula is C24H20FN3O3S. The van der Waals surface area contributed by atoms with Crippen molar-refractivity contribution in [3.63, 3.8) is 0 Å². The normalized spacial score (nSPS) is 11.7. The predicted molar refractivity (Wildman–Crippen MR) is 121 cm³/mol. The van der Waals surface area contributed by atoms with Gasteiger partial charge in [-0.15, -0.1) is 10.2 Å². The molecule has 4 aromatic rings. The summed E-state index contributed by atoms with van der Waals surface area (Å²) in [6, 6.07) is 22.8. The second-order valence-corrected chi connectivity index (χ2v) is 8.22. The van der Waals surface area contributed by atoms with Gasteiger partial charge in [0, 0.05) is 11.3 Å². The average Bonchev–Trinajstić information content (AvgIpc) is 3.28. The lowest BCUT2D eigenvalue weighted by molar-refractivity contribution is -0.115. The van der Waals surface area contributed by atoms with Gasteiger partial charge in [0.05, 0.1) is 5.25 Å². The zero-order valence-corrected chi connectivity index (χ0v) is 18.0. The number of amides is 1. The Hall–Kier alpha value is -3.65. The van der Waals surface area contributed by atoms with Crippen molar-refractivity contribution < 1.29 is 18.3 Å². The molecule has 0 bridgehead atoms. The highest BCUT2D eigenvalue weighted by molar-refractivity contribution is 8.00. The number of anilines is 1. The molecule has 0 aliphatic rings. The molecule has 1 heterocycles. The fourth-order valence-corrected chi connectivity index (χ4v) is 3.47. The Morgan fingerprint density at radius 3 is 2.47 bits per heavy atom. The van der Waals surface area contributed by atoms with E-state index in [4.69, 9.17) is 9.15 Å². The number of carbonyl (C=O) groups is 1. The molecule has 4 rings (SSSR count). The molecule has 0 fully saturated rings. The van der Waals surface area contributed by atoms with Crippen LogP contribution < -0.4 is 10.1 Å². The fourth-order valence-electron chi connectivity index (χ4n) is 2.79. The third-order valence-corrected chi connectivity index (χ3v) is 5.45. The summed E-state index contributed by atoms with van der Waals surface area (Å²) in [6.45, 7) is 2.23. The first-order chi connectivity index (χ1) is 15.6. The minimum Gasteiger partial charge on any atom is -0.489 e. The van der Waals surface area contributed by atoms with Gasteiger partial charge in [0.15, 0.2) is 0 Å². The maximum atomic E-state index is 13.1. The highest BCUT2D eigenvalue weighted by Gasteiger charge is 2.19. The predicted octanol–water partition coefficient (Wildman–Crippen LogP) is 5.57. The molecule has 0 aliphatic carbocycles. The van der Waals surface area contributed by atoms with Gasteiger partial charge in [0.25, 0.3) is 5.22 Å². The van der Waals surface area contributed by atoms with Crippen LogP contribution in [-0.4, -0.2) is 21.4 Å². The lowest BCUT2D eigenvalue weighted by atomic mass is 10.2. The molecule has 0 radical (unpaired) electrons. The van der Waals surface area contributed by atoms with E-state index in [1.807, 2.05) is 42.5 Å². The molecule has 8 heteroatoms. The van der Waals surface area contributed by atoms with E-state index in [0.29, 0.717) is 23.6 Å². The van der Waals surface area contributed by atoms with Gasteiger partial charge >= 0.3 is 0 Å². The van der Waals surface area contributed by atoms with Crippen molar-refractivity contribution in [3.8, 4) is 17.2 Å². The monoisotopic (exact) mass is 449 g/mol. The van der Waals surface area contributed by atoms with Crippen molar-refractivity contribution in [2.24, 2.45) is 0 Å². The SMILES string of the molecule is C[C@H](Sc1nnc(-c2ccc(F)cc2)o1)C(=O)Nc1ccc(OCc2ccccc2)cc1. The second kappa shape index (κ2) is 10.1. The molecule has 0 saturated heterocycles. The summed E-state index contributed by atoms with van der Waals surface area (Å²) in [5.74, 6) is 0.443. The number of ether oxygens (including phenoxy) is 1. The summed E-state index contributed by atoms with van der Waals surface area (Å²) in [5.41, 5.74) is 2.35. The number of rotatable bonds is 8. The van der Waals surface area contributed by atoms with Crippen LogP contribution in [0.4, 0.5) is 10.1 Å². The van der Waals surface area contributed by atoms with Crippen LogP contribution in [0.5, 0.6) is 5.75 Å². The first-order valence-corrected chi connectivity index (χ1v) is 10.8. The number of aromatic nitrogens is 2. The van der Waals surface area contributed by atoms with Crippen molar-refractivity contribution >= 4 is 23.4 Å². The third-order valence-electron chi connectivity index (χ3n) is 4.51. The topological polar surface area (TPSA) is 77.2 Å². The van der Waals surface area contributed by atoms with E-state index in [2.05, 4.69) is 15.5 Å². The van der Waals surface area contributed by atoms with Crippen LogP contribution in [0.2, 0.25) is 0 Å². The Bertz CT molecular complexity index is 1170. The van der Waals surface area contributed by atoms with E-state index in [9.17, 15) is 9.18 Å². The summed E-state index contributed by atoms with van der Waals surface area (Å²) >= 11 is 1.15. The van der Waals surface area contributed by atoms with Gasteiger partial charge in [0.2, 0.25) is 11.8 Å². The van der Waals surface area contributed by atoms with E-state index in [1.54, 1.807) is 31.2 Å². The molecular weight excluding hydrogens is 429 g/mol.